The Hall–Kier alpha value is -3.00. The second kappa shape index (κ2) is 11.2. The maximum atomic E-state index is 12.7. The van der Waals surface area contributed by atoms with Crippen molar-refractivity contribution in [1.29, 1.82) is 0 Å². The highest BCUT2D eigenvalue weighted by Crippen LogP contribution is 2.34. The molecule has 0 unspecified atom stereocenters. The van der Waals surface area contributed by atoms with Crippen LogP contribution in [0.5, 0.6) is 0 Å². The molecular weight excluding hydrogens is 444 g/mol. The van der Waals surface area contributed by atoms with E-state index >= 15 is 0 Å². The molecule has 0 radical (unpaired) electrons. The van der Waals surface area contributed by atoms with Crippen molar-refractivity contribution in [2.75, 3.05) is 18.5 Å². The fourth-order valence-electron chi connectivity index (χ4n) is 5.11. The number of nitrogens with one attached hydrogen (secondary N) is 2. The second-order valence-corrected chi connectivity index (χ2v) is 9.90. The van der Waals surface area contributed by atoms with Gasteiger partial charge in [-0.1, -0.05) is 6.07 Å². The molecule has 0 bridgehead atoms. The lowest BCUT2D eigenvalue weighted by Gasteiger charge is -2.35. The zero-order chi connectivity index (χ0) is 24.9. The summed E-state index contributed by atoms with van der Waals surface area (Å²) in [5.74, 6) is 0.193. The minimum Gasteiger partial charge on any atom is -0.480 e. The molecule has 188 valence electrons. The number of nitrogens with zero attached hydrogens (tertiary/aromatic N) is 2. The summed E-state index contributed by atoms with van der Waals surface area (Å²) in [7, 11) is 0. The maximum absolute atomic E-state index is 12.7. The van der Waals surface area contributed by atoms with Crippen molar-refractivity contribution in [1.82, 2.24) is 15.3 Å². The Morgan fingerprint density at radius 2 is 2.03 bits per heavy atom. The predicted molar refractivity (Wildman–Crippen MR) is 134 cm³/mol. The van der Waals surface area contributed by atoms with Gasteiger partial charge in [-0.15, -0.1) is 0 Å². The van der Waals surface area contributed by atoms with Gasteiger partial charge in [0.15, 0.2) is 0 Å². The molecule has 1 atom stereocenters. The Morgan fingerprint density at radius 1 is 1.23 bits per heavy atom. The Bertz CT molecular complexity index is 1060. The maximum Gasteiger partial charge on any atom is 0.326 e. The lowest BCUT2D eigenvalue weighted by Crippen LogP contribution is -2.42. The fourth-order valence-corrected chi connectivity index (χ4v) is 5.11. The molecule has 1 aliphatic carbocycles. The Labute approximate surface area is 206 Å². The highest BCUT2D eigenvalue weighted by atomic mass is 16.5. The molecule has 2 aromatic heterocycles. The van der Waals surface area contributed by atoms with Crippen molar-refractivity contribution in [3.63, 3.8) is 0 Å². The van der Waals surface area contributed by atoms with Gasteiger partial charge in [-0.05, 0) is 88.5 Å². The first-order valence-electron chi connectivity index (χ1n) is 12.6. The van der Waals surface area contributed by atoms with E-state index in [-0.39, 0.29) is 12.5 Å². The van der Waals surface area contributed by atoms with E-state index in [0.717, 1.165) is 61.4 Å². The lowest BCUT2D eigenvalue weighted by atomic mass is 9.79. The van der Waals surface area contributed by atoms with E-state index in [9.17, 15) is 14.7 Å². The highest BCUT2D eigenvalue weighted by Gasteiger charge is 2.30. The van der Waals surface area contributed by atoms with Crippen LogP contribution in [0.15, 0.2) is 18.2 Å². The molecular formula is C27H36N4O4. The molecule has 0 aromatic carbocycles. The van der Waals surface area contributed by atoms with E-state index in [1.165, 1.54) is 12.0 Å². The van der Waals surface area contributed by atoms with E-state index in [1.807, 2.05) is 19.9 Å². The second-order valence-electron chi connectivity index (χ2n) is 9.90. The van der Waals surface area contributed by atoms with Gasteiger partial charge >= 0.3 is 5.97 Å². The van der Waals surface area contributed by atoms with Crippen LogP contribution in [-0.4, -0.2) is 52.2 Å². The number of carboxylic acids is 1. The number of carboxylic acid groups (broad SMARTS) is 1. The third-order valence-corrected chi connectivity index (χ3v) is 7.07. The molecule has 1 aliphatic heterocycles. The van der Waals surface area contributed by atoms with Crippen molar-refractivity contribution in [2.45, 2.75) is 77.9 Å². The van der Waals surface area contributed by atoms with Crippen LogP contribution in [0.3, 0.4) is 0 Å². The van der Waals surface area contributed by atoms with Crippen molar-refractivity contribution in [3.05, 3.63) is 52.0 Å². The van der Waals surface area contributed by atoms with Gasteiger partial charge in [0.05, 0.1) is 17.4 Å². The smallest absolute Gasteiger partial charge is 0.326 e. The molecule has 0 spiro atoms. The van der Waals surface area contributed by atoms with Gasteiger partial charge in [0, 0.05) is 31.0 Å². The normalized spacial score (nSPS) is 19.7. The van der Waals surface area contributed by atoms with Crippen LogP contribution < -0.4 is 10.6 Å². The molecule has 35 heavy (non-hydrogen) atoms. The molecule has 8 heteroatoms. The first-order valence-corrected chi connectivity index (χ1v) is 12.6. The van der Waals surface area contributed by atoms with Gasteiger partial charge in [0.2, 0.25) is 0 Å². The van der Waals surface area contributed by atoms with Crippen LogP contribution >= 0.6 is 0 Å². The number of carbonyl (C=O) groups excluding carboxylic acids is 1. The standard InChI is InChI=1S/C27H36N4O4/c1-16-13-17(2)29-18(3)24(16)26(32)31-23(27(33)34)10-12-35-22-14-19(15-22)6-8-21-9-7-20-5-4-11-28-25(20)30-21/h7,9,13,19,22-23H,4-6,8,10-12,14-15H2,1-3H3,(H,28,30)(H,31,32)(H,33,34)/t19?,22?,23-/m0/s1. The number of aromatic nitrogens is 2. The third kappa shape index (κ3) is 6.36. The molecule has 2 aromatic rings. The first-order chi connectivity index (χ1) is 16.8. The van der Waals surface area contributed by atoms with E-state index in [0.29, 0.717) is 23.8 Å². The van der Waals surface area contributed by atoms with Gasteiger partial charge < -0.3 is 20.5 Å². The number of amides is 1. The van der Waals surface area contributed by atoms with E-state index in [2.05, 4.69) is 27.8 Å². The Kier molecular flexibility index (Phi) is 8.00. The minimum absolute atomic E-state index is 0.161. The topological polar surface area (TPSA) is 113 Å². The number of anilines is 1. The average Bonchev–Trinajstić information content (AvgIpc) is 2.78. The van der Waals surface area contributed by atoms with Crippen LogP contribution in [0, 0.1) is 26.7 Å². The van der Waals surface area contributed by atoms with Crippen molar-refractivity contribution >= 4 is 17.7 Å². The number of ether oxygens (including phenoxy) is 1. The molecule has 0 saturated heterocycles. The van der Waals surface area contributed by atoms with Crippen LogP contribution in [0.2, 0.25) is 0 Å². The minimum atomic E-state index is -1.06. The van der Waals surface area contributed by atoms with Gasteiger partial charge in [-0.25, -0.2) is 9.78 Å². The zero-order valence-corrected chi connectivity index (χ0v) is 20.9. The van der Waals surface area contributed by atoms with Crippen molar-refractivity contribution in [2.24, 2.45) is 5.92 Å². The third-order valence-electron chi connectivity index (χ3n) is 7.07. The molecule has 2 aliphatic rings. The number of hydrogen-bond acceptors (Lipinski definition) is 6. The van der Waals surface area contributed by atoms with Crippen LogP contribution in [0.25, 0.3) is 0 Å². The molecule has 3 N–H and O–H groups in total. The fraction of sp³-hybridized carbons (Fsp3) is 0.556. The van der Waals surface area contributed by atoms with E-state index in [1.54, 1.807) is 6.92 Å². The summed E-state index contributed by atoms with van der Waals surface area (Å²) < 4.78 is 5.91. The zero-order valence-electron chi connectivity index (χ0n) is 20.9. The average molecular weight is 481 g/mol. The van der Waals surface area contributed by atoms with Gasteiger partial charge in [0.1, 0.15) is 11.9 Å². The number of pyridine rings is 2. The van der Waals surface area contributed by atoms with Gasteiger partial charge in [-0.3, -0.25) is 9.78 Å². The summed E-state index contributed by atoms with van der Waals surface area (Å²) in [5, 5.41) is 15.6. The quantitative estimate of drug-likeness (QED) is 0.474. The van der Waals surface area contributed by atoms with E-state index in [4.69, 9.17) is 9.72 Å². The summed E-state index contributed by atoms with van der Waals surface area (Å²) in [5.41, 5.74) is 5.10. The first kappa shape index (κ1) is 25.1. The molecule has 1 saturated carbocycles. The number of hydrogen-bond donors (Lipinski definition) is 3. The van der Waals surface area contributed by atoms with E-state index < -0.39 is 17.9 Å². The molecule has 3 heterocycles. The van der Waals surface area contributed by atoms with Gasteiger partial charge in [0.25, 0.3) is 5.91 Å². The van der Waals surface area contributed by atoms with Crippen molar-refractivity contribution < 1.29 is 19.4 Å². The number of rotatable bonds is 10. The summed E-state index contributed by atoms with van der Waals surface area (Å²) in [4.78, 5) is 33.5. The SMILES string of the molecule is Cc1cc(C)c(C(=O)N[C@@H](CCOC2CC(CCc3ccc4c(n3)NCCC4)C2)C(=O)O)c(C)n1. The van der Waals surface area contributed by atoms with Crippen molar-refractivity contribution in [3.8, 4) is 0 Å². The van der Waals surface area contributed by atoms with Gasteiger partial charge in [-0.2, -0.15) is 0 Å². The largest absolute Gasteiger partial charge is 0.480 e. The predicted octanol–water partition coefficient (Wildman–Crippen LogP) is 3.76. The number of aliphatic carboxylic acids is 1. The molecule has 1 amide bonds. The molecule has 1 fully saturated rings. The Morgan fingerprint density at radius 3 is 2.77 bits per heavy atom. The summed E-state index contributed by atoms with van der Waals surface area (Å²) >= 11 is 0. The number of carbonyl (C=O) groups is 2. The monoisotopic (exact) mass is 480 g/mol. The van der Waals surface area contributed by atoms with Crippen LogP contribution in [0.4, 0.5) is 5.82 Å². The highest BCUT2D eigenvalue weighted by molar-refractivity contribution is 5.98. The summed E-state index contributed by atoms with van der Waals surface area (Å²) in [6.45, 7) is 6.77. The molecule has 4 rings (SSSR count). The number of fused-ring (bicyclic) bond motifs is 1. The lowest BCUT2D eigenvalue weighted by molar-refractivity contribution is -0.140. The number of aryl methyl sites for hydroxylation is 5. The summed E-state index contributed by atoms with van der Waals surface area (Å²) in [6.07, 6.45) is 6.68. The Balaban J connectivity index is 1.18. The van der Waals surface area contributed by atoms with Crippen LogP contribution in [0.1, 0.15) is 70.7 Å². The van der Waals surface area contributed by atoms with Crippen LogP contribution in [-0.2, 0) is 22.4 Å². The molecule has 8 nitrogen and oxygen atoms in total. The summed E-state index contributed by atoms with van der Waals surface area (Å²) in [6, 6.07) is 5.18.